The number of rotatable bonds is 9. The maximum absolute atomic E-state index is 8.86. The third-order valence-corrected chi connectivity index (χ3v) is 7.91. The van der Waals surface area contributed by atoms with Crippen molar-refractivity contribution in [3.8, 4) is 40.0 Å². The molecular formula is C32H30Br2N3O2+. The van der Waals surface area contributed by atoms with Crippen molar-refractivity contribution >= 4 is 49.7 Å². The molecule has 0 atom stereocenters. The summed E-state index contributed by atoms with van der Waals surface area (Å²) in [6, 6.07) is 27.3. The fourth-order valence-corrected chi connectivity index (χ4v) is 5.13. The van der Waals surface area contributed by atoms with Crippen molar-refractivity contribution in [1.29, 1.82) is 5.26 Å². The Kier molecular flexibility index (Phi) is 9.45. The van der Waals surface area contributed by atoms with Crippen molar-refractivity contribution in [3.05, 3.63) is 93.0 Å². The number of aromatic nitrogens is 1. The molecule has 3 aromatic carbocycles. The zero-order valence-electron chi connectivity index (χ0n) is 22.4. The zero-order valence-corrected chi connectivity index (χ0v) is 25.6. The molecule has 0 N–H and O–H groups in total. The van der Waals surface area contributed by atoms with Crippen molar-refractivity contribution in [2.45, 2.75) is 6.42 Å². The van der Waals surface area contributed by atoms with Crippen LogP contribution in [0.15, 0.2) is 81.7 Å². The van der Waals surface area contributed by atoms with Crippen molar-refractivity contribution in [2.75, 3.05) is 32.7 Å². The lowest BCUT2D eigenvalue weighted by Crippen LogP contribution is -2.34. The van der Waals surface area contributed by atoms with Gasteiger partial charge >= 0.3 is 0 Å². The number of nitriles is 1. The number of hydrogen-bond donors (Lipinski definition) is 0. The van der Waals surface area contributed by atoms with Gasteiger partial charge in [0.25, 0.3) is 0 Å². The predicted molar refractivity (Wildman–Crippen MR) is 166 cm³/mol. The molecule has 0 saturated carbocycles. The van der Waals surface area contributed by atoms with E-state index in [0.717, 1.165) is 48.3 Å². The van der Waals surface area contributed by atoms with E-state index in [9.17, 15) is 0 Å². The molecule has 1 heterocycles. The number of benzene rings is 3. The second kappa shape index (κ2) is 13.0. The number of pyridine rings is 1. The molecule has 0 spiro atoms. The highest BCUT2D eigenvalue weighted by Gasteiger charge is 2.19. The van der Waals surface area contributed by atoms with Crippen LogP contribution in [0.25, 0.3) is 34.5 Å². The molecule has 1 aromatic heterocycles. The van der Waals surface area contributed by atoms with Crippen LogP contribution < -0.4 is 18.9 Å². The Morgan fingerprint density at radius 2 is 1.46 bits per heavy atom. The van der Waals surface area contributed by atoms with Gasteiger partial charge in [0.1, 0.15) is 23.0 Å². The minimum atomic E-state index is 0.502. The molecular weight excluding hydrogens is 618 g/mol. The second-order valence-electron chi connectivity index (χ2n) is 9.07. The normalized spacial score (nSPS) is 10.9. The quantitative estimate of drug-likeness (QED) is 0.173. The van der Waals surface area contributed by atoms with E-state index in [1.165, 1.54) is 0 Å². The Bertz CT molecular complexity index is 1500. The molecule has 0 aliphatic heterocycles. The summed E-state index contributed by atoms with van der Waals surface area (Å²) in [4.78, 5) is 2.09. The third-order valence-electron chi connectivity index (χ3n) is 6.60. The van der Waals surface area contributed by atoms with Crippen molar-refractivity contribution in [1.82, 2.24) is 0 Å². The Hall–Kier alpha value is -3.60. The highest BCUT2D eigenvalue weighted by molar-refractivity contribution is 9.11. The molecule has 5 nitrogen and oxygen atoms in total. The van der Waals surface area contributed by atoms with E-state index in [4.69, 9.17) is 14.7 Å². The van der Waals surface area contributed by atoms with Gasteiger partial charge in [-0.2, -0.15) is 9.83 Å². The van der Waals surface area contributed by atoms with Crippen molar-refractivity contribution < 1.29 is 14.0 Å². The molecule has 0 aliphatic carbocycles. The fourth-order valence-electron chi connectivity index (χ4n) is 4.31. The molecule has 0 unspecified atom stereocenters. The van der Waals surface area contributed by atoms with E-state index < -0.39 is 0 Å². The predicted octanol–water partition coefficient (Wildman–Crippen LogP) is 7.91. The number of halogens is 2. The van der Waals surface area contributed by atoms with Crippen LogP contribution in [0.4, 0.5) is 5.69 Å². The van der Waals surface area contributed by atoms with Crippen molar-refractivity contribution in [3.63, 3.8) is 0 Å². The Labute approximate surface area is 247 Å². The molecule has 7 heteroatoms. The van der Waals surface area contributed by atoms with Gasteiger partial charge in [-0.3, -0.25) is 0 Å². The van der Waals surface area contributed by atoms with E-state index in [-0.39, 0.29) is 0 Å². The topological polar surface area (TPSA) is 49.4 Å². The minimum absolute atomic E-state index is 0.502. The lowest BCUT2D eigenvalue weighted by atomic mass is 10.0. The van der Waals surface area contributed by atoms with E-state index in [0.29, 0.717) is 24.5 Å². The first-order valence-corrected chi connectivity index (χ1v) is 14.0. The zero-order chi connectivity index (χ0) is 27.9. The maximum Gasteiger partial charge on any atom is 0.213 e. The second-order valence-corrected chi connectivity index (χ2v) is 10.8. The SMILES string of the molecule is COc1cc(-c2cc(/C=C/c3ccc(N(C)CCC#N)cc3)[n+](C)c(-c3ccc(Br)cc3)c2)cc(OC)c1Br. The van der Waals surface area contributed by atoms with E-state index in [1.54, 1.807) is 14.2 Å². The van der Waals surface area contributed by atoms with Gasteiger partial charge in [-0.05, 0) is 87.2 Å². The van der Waals surface area contributed by atoms with Crippen LogP contribution >= 0.6 is 31.9 Å². The van der Waals surface area contributed by atoms with Crippen LogP contribution in [0.2, 0.25) is 0 Å². The molecule has 0 saturated heterocycles. The van der Waals surface area contributed by atoms with E-state index >= 15 is 0 Å². The highest BCUT2D eigenvalue weighted by Crippen LogP contribution is 2.39. The Balaban J connectivity index is 1.78. The Morgan fingerprint density at radius 3 is 2.05 bits per heavy atom. The lowest BCUT2D eigenvalue weighted by molar-refractivity contribution is -0.662. The standard InChI is InChI=1S/C32H30Br2N3O2/c1-36(17-5-16-35)27-13-6-22(7-14-27)8-15-28-18-24(25-20-30(38-3)32(34)31(21-25)39-4)19-29(37(28)2)23-9-11-26(33)12-10-23/h6-15,18-21H,5,17H2,1-4H3/q+1. The molecule has 4 aromatic rings. The summed E-state index contributed by atoms with van der Waals surface area (Å²) in [5, 5.41) is 8.86. The third kappa shape index (κ3) is 6.70. The van der Waals surface area contributed by atoms with Gasteiger partial charge in [-0.1, -0.05) is 28.1 Å². The molecule has 0 bridgehead atoms. The smallest absolute Gasteiger partial charge is 0.213 e. The van der Waals surface area contributed by atoms with Gasteiger partial charge in [0.15, 0.2) is 0 Å². The molecule has 0 fully saturated rings. The molecule has 0 amide bonds. The first-order valence-electron chi connectivity index (χ1n) is 12.4. The maximum atomic E-state index is 8.86. The van der Waals surface area contributed by atoms with Crippen LogP contribution in [0.5, 0.6) is 11.5 Å². The first kappa shape index (κ1) is 28.4. The summed E-state index contributed by atoms with van der Waals surface area (Å²) in [5.74, 6) is 1.42. The molecule has 0 aliphatic rings. The number of hydrogen-bond acceptors (Lipinski definition) is 4. The number of anilines is 1. The van der Waals surface area contributed by atoms with Gasteiger partial charge in [-0.15, -0.1) is 0 Å². The molecule has 39 heavy (non-hydrogen) atoms. The average Bonchev–Trinajstić information content (AvgIpc) is 2.96. The Morgan fingerprint density at radius 1 is 0.846 bits per heavy atom. The van der Waals surface area contributed by atoms with E-state index in [1.807, 2.05) is 19.2 Å². The van der Waals surface area contributed by atoms with Gasteiger partial charge in [0.05, 0.1) is 26.7 Å². The summed E-state index contributed by atoms with van der Waals surface area (Å²) >= 11 is 7.13. The van der Waals surface area contributed by atoms with Gasteiger partial charge < -0.3 is 14.4 Å². The van der Waals surface area contributed by atoms with Crippen LogP contribution in [0.3, 0.4) is 0 Å². The van der Waals surface area contributed by atoms with Crippen LogP contribution in [-0.2, 0) is 7.05 Å². The highest BCUT2D eigenvalue weighted by atomic mass is 79.9. The van der Waals surface area contributed by atoms with Crippen LogP contribution in [-0.4, -0.2) is 27.8 Å². The first-order chi connectivity index (χ1) is 18.8. The van der Waals surface area contributed by atoms with E-state index in [2.05, 4.69) is 127 Å². The van der Waals surface area contributed by atoms with Gasteiger partial charge in [-0.25, -0.2) is 0 Å². The summed E-state index contributed by atoms with van der Waals surface area (Å²) < 4.78 is 15.2. The average molecular weight is 648 g/mol. The number of nitrogens with zero attached hydrogens (tertiary/aromatic N) is 3. The fraction of sp³-hybridized carbons (Fsp3) is 0.188. The number of ether oxygens (including phenoxy) is 2. The molecule has 4 rings (SSSR count). The minimum Gasteiger partial charge on any atom is -0.495 e. The summed E-state index contributed by atoms with van der Waals surface area (Å²) in [7, 11) is 7.39. The lowest BCUT2D eigenvalue weighted by Gasteiger charge is -2.17. The van der Waals surface area contributed by atoms with Crippen LogP contribution in [0, 0.1) is 11.3 Å². The summed E-state index contributed by atoms with van der Waals surface area (Å²) in [6.07, 6.45) is 4.75. The molecule has 198 valence electrons. The molecule has 0 radical (unpaired) electrons. The summed E-state index contributed by atoms with van der Waals surface area (Å²) in [6.45, 7) is 0.707. The monoisotopic (exact) mass is 646 g/mol. The van der Waals surface area contributed by atoms with Crippen molar-refractivity contribution in [2.24, 2.45) is 7.05 Å². The number of methoxy groups -OCH3 is 2. The van der Waals surface area contributed by atoms with Crippen LogP contribution in [0.1, 0.15) is 17.7 Å². The largest absolute Gasteiger partial charge is 0.495 e. The summed E-state index contributed by atoms with van der Waals surface area (Å²) in [5.41, 5.74) is 7.45. The van der Waals surface area contributed by atoms with Gasteiger partial charge in [0, 0.05) is 47.5 Å². The van der Waals surface area contributed by atoms with Gasteiger partial charge in [0.2, 0.25) is 11.4 Å².